The van der Waals surface area contributed by atoms with E-state index >= 15 is 0 Å². The lowest BCUT2D eigenvalue weighted by molar-refractivity contribution is 0.114. The highest BCUT2D eigenvalue weighted by atomic mass is 19.1. The summed E-state index contributed by atoms with van der Waals surface area (Å²) in [4.78, 5) is 12.1. The van der Waals surface area contributed by atoms with Crippen molar-refractivity contribution in [2.45, 2.75) is 31.5 Å². The highest BCUT2D eigenvalue weighted by molar-refractivity contribution is 5.88. The van der Waals surface area contributed by atoms with Crippen LogP contribution in [0.1, 0.15) is 23.6 Å². The van der Waals surface area contributed by atoms with Gasteiger partial charge in [0.2, 0.25) is 0 Å². The van der Waals surface area contributed by atoms with Gasteiger partial charge in [-0.25, -0.2) is 9.18 Å². The lowest BCUT2D eigenvalue weighted by Crippen LogP contribution is -2.41. The Morgan fingerprint density at radius 3 is 3.04 bits per heavy atom. The van der Waals surface area contributed by atoms with Crippen LogP contribution in [-0.2, 0) is 13.0 Å². The van der Waals surface area contributed by atoms with E-state index in [0.29, 0.717) is 12.2 Å². The third-order valence-electron chi connectivity index (χ3n) is 3.97. The van der Waals surface area contributed by atoms with E-state index < -0.39 is 24.9 Å². The zero-order chi connectivity index (χ0) is 16.2. The highest BCUT2D eigenvalue weighted by Gasteiger charge is 2.29. The number of nitrogens with zero attached hydrogens (tertiary/aromatic N) is 2. The number of halogens is 1. The Morgan fingerprint density at radius 2 is 2.22 bits per heavy atom. The molecule has 1 aliphatic rings. The number of carbonyl (C=O) groups is 1. The Hall–Kier alpha value is -2.41. The number of alkyl halides is 1. The molecule has 2 atom stereocenters. The first-order valence-corrected chi connectivity index (χ1v) is 7.60. The molecule has 0 saturated carbocycles. The molecule has 0 bridgehead atoms. The molecule has 0 spiro atoms. The average Bonchev–Trinajstić information content (AvgIpc) is 2.97. The Kier molecular flexibility index (Phi) is 4.57. The molecule has 7 heteroatoms. The summed E-state index contributed by atoms with van der Waals surface area (Å²) in [6.07, 6.45) is 2.37. The molecule has 0 fully saturated rings. The van der Waals surface area contributed by atoms with Crippen molar-refractivity contribution in [3.05, 3.63) is 47.7 Å². The summed E-state index contributed by atoms with van der Waals surface area (Å²) in [5, 5.41) is 19.6. The first-order valence-electron chi connectivity index (χ1n) is 7.60. The number of fused-ring (bicyclic) bond motifs is 1. The molecule has 0 saturated heterocycles. The number of amides is 2. The van der Waals surface area contributed by atoms with Gasteiger partial charge in [0, 0.05) is 12.3 Å². The normalized spacial score (nSPS) is 19.9. The molecule has 1 aromatic carbocycles. The number of carbonyl (C=O) groups excluding carboxylic acids is 1. The topological polar surface area (TPSA) is 79.2 Å². The molecule has 122 valence electrons. The largest absolute Gasteiger partial charge is 0.391 e. The Balaban J connectivity index is 1.67. The van der Waals surface area contributed by atoms with Gasteiger partial charge >= 0.3 is 6.03 Å². The van der Waals surface area contributed by atoms with E-state index in [2.05, 4.69) is 15.7 Å². The fraction of sp³-hybridized carbons (Fsp3) is 0.375. The van der Waals surface area contributed by atoms with E-state index in [-0.39, 0.29) is 6.54 Å². The number of benzene rings is 1. The summed E-state index contributed by atoms with van der Waals surface area (Å²) in [5.41, 5.74) is 2.07. The van der Waals surface area contributed by atoms with Crippen LogP contribution in [0.15, 0.2) is 36.5 Å². The minimum absolute atomic E-state index is 0.151. The van der Waals surface area contributed by atoms with Gasteiger partial charge in [-0.05, 0) is 24.0 Å². The summed E-state index contributed by atoms with van der Waals surface area (Å²) in [6, 6.07) is 8.46. The number of aliphatic hydroxyl groups is 1. The van der Waals surface area contributed by atoms with E-state index in [9.17, 15) is 14.3 Å². The molecule has 2 amide bonds. The monoisotopic (exact) mass is 318 g/mol. The smallest absolute Gasteiger partial charge is 0.321 e. The van der Waals surface area contributed by atoms with Crippen LogP contribution >= 0.6 is 0 Å². The first-order chi connectivity index (χ1) is 11.2. The average molecular weight is 318 g/mol. The number of anilines is 1. The van der Waals surface area contributed by atoms with Crippen LogP contribution < -0.4 is 10.6 Å². The van der Waals surface area contributed by atoms with Gasteiger partial charge in [-0.15, -0.1) is 0 Å². The van der Waals surface area contributed by atoms with Crippen LogP contribution in [0.3, 0.4) is 0 Å². The molecule has 6 nitrogen and oxygen atoms in total. The molecule has 0 unspecified atom stereocenters. The molecule has 3 rings (SSSR count). The highest BCUT2D eigenvalue weighted by Crippen LogP contribution is 2.29. The lowest BCUT2D eigenvalue weighted by atomic mass is 9.86. The number of hydrogen-bond donors (Lipinski definition) is 3. The third-order valence-corrected chi connectivity index (χ3v) is 3.97. The number of aromatic nitrogens is 2. The number of hydrogen-bond acceptors (Lipinski definition) is 3. The minimum atomic E-state index is -0.625. The van der Waals surface area contributed by atoms with E-state index in [1.807, 2.05) is 24.3 Å². The molecule has 3 N–H and O–H groups in total. The number of aryl methyl sites for hydroxylation is 2. The quantitative estimate of drug-likeness (QED) is 0.807. The molecule has 1 aliphatic carbocycles. The Bertz CT molecular complexity index is 688. The van der Waals surface area contributed by atoms with Crippen molar-refractivity contribution in [2.75, 3.05) is 12.0 Å². The maximum absolute atomic E-state index is 12.3. The second-order valence-electron chi connectivity index (χ2n) is 5.53. The Morgan fingerprint density at radius 1 is 1.39 bits per heavy atom. The summed E-state index contributed by atoms with van der Waals surface area (Å²) in [6.45, 7) is -0.365. The van der Waals surface area contributed by atoms with Crippen LogP contribution in [0.5, 0.6) is 0 Å². The van der Waals surface area contributed by atoms with E-state index in [0.717, 1.165) is 17.5 Å². The van der Waals surface area contributed by atoms with Crippen LogP contribution in [0.2, 0.25) is 0 Å². The summed E-state index contributed by atoms with van der Waals surface area (Å²) in [5.74, 6) is 0.342. The molecule has 0 radical (unpaired) electrons. The maximum atomic E-state index is 12.3. The standard InChI is InChI=1S/C16H19FN4O2/c17-8-10-21-9-7-14(20-21)18-16(23)19-15-12-4-2-1-3-11(12)5-6-13(15)22/h1-4,7,9,13,15,22H,5-6,8,10H2,(H2,18,19,20,23)/t13-,15+/m1/s1. The van der Waals surface area contributed by atoms with Crippen molar-refractivity contribution in [1.82, 2.24) is 15.1 Å². The molecule has 0 aliphatic heterocycles. The van der Waals surface area contributed by atoms with Crippen molar-refractivity contribution < 1.29 is 14.3 Å². The van der Waals surface area contributed by atoms with Gasteiger partial charge in [-0.1, -0.05) is 24.3 Å². The molecular formula is C16H19FN4O2. The second-order valence-corrected chi connectivity index (χ2v) is 5.53. The summed E-state index contributed by atoms with van der Waals surface area (Å²) in [7, 11) is 0. The van der Waals surface area contributed by atoms with Crippen molar-refractivity contribution in [2.24, 2.45) is 0 Å². The van der Waals surface area contributed by atoms with Gasteiger partial charge in [-0.3, -0.25) is 10.00 Å². The van der Waals surface area contributed by atoms with E-state index in [1.165, 1.54) is 4.68 Å². The van der Waals surface area contributed by atoms with Gasteiger partial charge in [-0.2, -0.15) is 5.10 Å². The molecule has 2 aromatic rings. The minimum Gasteiger partial charge on any atom is -0.391 e. The fourth-order valence-corrected chi connectivity index (χ4v) is 2.85. The number of rotatable bonds is 4. The van der Waals surface area contributed by atoms with Gasteiger partial charge in [0.1, 0.15) is 6.67 Å². The zero-order valence-corrected chi connectivity index (χ0v) is 12.6. The van der Waals surface area contributed by atoms with Gasteiger partial charge < -0.3 is 10.4 Å². The lowest BCUT2D eigenvalue weighted by Gasteiger charge is -2.30. The molecular weight excluding hydrogens is 299 g/mol. The number of nitrogens with one attached hydrogen (secondary N) is 2. The maximum Gasteiger partial charge on any atom is 0.321 e. The van der Waals surface area contributed by atoms with Crippen LogP contribution in [-0.4, -0.2) is 33.7 Å². The van der Waals surface area contributed by atoms with Crippen molar-refractivity contribution in [3.63, 3.8) is 0 Å². The first kappa shape index (κ1) is 15.5. The Labute approximate surface area is 133 Å². The summed E-state index contributed by atoms with van der Waals surface area (Å²) < 4.78 is 13.7. The van der Waals surface area contributed by atoms with Crippen LogP contribution in [0.4, 0.5) is 15.0 Å². The van der Waals surface area contributed by atoms with Gasteiger partial charge in [0.15, 0.2) is 5.82 Å². The zero-order valence-electron chi connectivity index (χ0n) is 12.6. The van der Waals surface area contributed by atoms with Crippen molar-refractivity contribution in [1.29, 1.82) is 0 Å². The summed E-state index contributed by atoms with van der Waals surface area (Å²) >= 11 is 0. The van der Waals surface area contributed by atoms with E-state index in [1.54, 1.807) is 12.3 Å². The SMILES string of the molecule is O=C(Nc1ccn(CCF)n1)N[C@H]1c2ccccc2CC[C@H]1O. The molecule has 1 heterocycles. The van der Waals surface area contributed by atoms with E-state index in [4.69, 9.17) is 0 Å². The third kappa shape index (κ3) is 3.50. The van der Waals surface area contributed by atoms with Crippen LogP contribution in [0.25, 0.3) is 0 Å². The molecule has 23 heavy (non-hydrogen) atoms. The van der Waals surface area contributed by atoms with Gasteiger partial charge in [0.25, 0.3) is 0 Å². The predicted octanol–water partition coefficient (Wildman–Crippen LogP) is 2.02. The molecule has 1 aromatic heterocycles. The fourth-order valence-electron chi connectivity index (χ4n) is 2.85. The number of aliphatic hydroxyl groups excluding tert-OH is 1. The van der Waals surface area contributed by atoms with Gasteiger partial charge in [0.05, 0.1) is 18.7 Å². The predicted molar refractivity (Wildman–Crippen MR) is 83.9 cm³/mol. The number of urea groups is 1. The second kappa shape index (κ2) is 6.78. The van der Waals surface area contributed by atoms with Crippen molar-refractivity contribution >= 4 is 11.8 Å². The van der Waals surface area contributed by atoms with Crippen LogP contribution in [0, 0.1) is 0 Å². The van der Waals surface area contributed by atoms with Crippen molar-refractivity contribution in [3.8, 4) is 0 Å².